The number of carbonyl (C=O) groups is 3. The molecule has 178 valence electrons. The number of hydrogen-bond acceptors (Lipinski definition) is 5. The number of rotatable bonds is 3. The summed E-state index contributed by atoms with van der Waals surface area (Å²) in [5, 5.41) is 7.12. The molecule has 8 nitrogen and oxygen atoms in total. The van der Waals surface area contributed by atoms with Gasteiger partial charge in [0.2, 0.25) is 11.8 Å². The molecule has 32 heavy (non-hydrogen) atoms. The number of carboxylic acid groups (broad SMARTS) is 1. The van der Waals surface area contributed by atoms with Crippen LogP contribution in [0.2, 0.25) is 0 Å². The van der Waals surface area contributed by atoms with Crippen LogP contribution in [0, 0.1) is 5.41 Å². The minimum Gasteiger partial charge on any atom is -0.497 e. The molecule has 1 spiro atoms. The highest BCUT2D eigenvalue weighted by Gasteiger charge is 2.45. The van der Waals surface area contributed by atoms with E-state index in [0.29, 0.717) is 26.1 Å². The van der Waals surface area contributed by atoms with E-state index in [9.17, 15) is 22.8 Å². The van der Waals surface area contributed by atoms with E-state index >= 15 is 0 Å². The Morgan fingerprint density at radius 3 is 2.16 bits per heavy atom. The molecule has 1 atom stereocenters. The second-order valence-corrected chi connectivity index (χ2v) is 8.23. The fraction of sp³-hybridized carbons (Fsp3) is 0.571. The molecule has 0 aromatic heterocycles. The van der Waals surface area contributed by atoms with Gasteiger partial charge in [0.05, 0.1) is 7.11 Å². The van der Waals surface area contributed by atoms with Crippen LogP contribution in [0.4, 0.5) is 13.2 Å². The van der Waals surface area contributed by atoms with Crippen LogP contribution in [0.25, 0.3) is 0 Å². The molecule has 2 heterocycles. The molecule has 0 saturated carbocycles. The molecule has 11 heteroatoms. The summed E-state index contributed by atoms with van der Waals surface area (Å²) < 4.78 is 37.0. The van der Waals surface area contributed by atoms with Crippen LogP contribution in [-0.2, 0) is 20.9 Å². The molecule has 2 aliphatic heterocycles. The molecule has 1 aromatic carbocycles. The predicted octanol–water partition coefficient (Wildman–Crippen LogP) is 1.84. The van der Waals surface area contributed by atoms with Crippen molar-refractivity contribution >= 4 is 17.8 Å². The lowest BCUT2D eigenvalue weighted by atomic mass is 9.86. The average Bonchev–Trinajstić information content (AvgIpc) is 2.86. The first kappa shape index (κ1) is 25.4. The Morgan fingerprint density at radius 1 is 1.12 bits per heavy atom. The third-order valence-electron chi connectivity index (χ3n) is 5.55. The molecule has 2 saturated heterocycles. The first-order valence-electron chi connectivity index (χ1n) is 10.00. The number of carboxylic acids is 1. The van der Waals surface area contributed by atoms with Crippen molar-refractivity contribution in [3.8, 4) is 5.75 Å². The first-order chi connectivity index (χ1) is 14.8. The zero-order chi connectivity index (χ0) is 24.1. The summed E-state index contributed by atoms with van der Waals surface area (Å²) in [6, 6.07) is 8.09. The summed E-state index contributed by atoms with van der Waals surface area (Å²) in [7, 11) is 3.52. The summed E-state index contributed by atoms with van der Waals surface area (Å²) >= 11 is 0. The lowest BCUT2D eigenvalue weighted by Crippen LogP contribution is -2.43. The minimum atomic E-state index is -5.08. The smallest absolute Gasteiger partial charge is 0.490 e. The molecule has 0 bridgehead atoms. The van der Waals surface area contributed by atoms with Crippen LogP contribution in [0.15, 0.2) is 24.3 Å². The lowest BCUT2D eigenvalue weighted by Gasteiger charge is -2.33. The third-order valence-corrected chi connectivity index (χ3v) is 5.55. The number of amides is 2. The van der Waals surface area contributed by atoms with Crippen LogP contribution in [0.5, 0.6) is 5.75 Å². The predicted molar refractivity (Wildman–Crippen MR) is 109 cm³/mol. The van der Waals surface area contributed by atoms with Crippen molar-refractivity contribution in [2.45, 2.75) is 26.1 Å². The Bertz CT molecular complexity index is 831. The molecular formula is C21H28F3N3O5. The zero-order valence-corrected chi connectivity index (χ0v) is 18.3. The number of methoxy groups -OCH3 is 1. The van der Waals surface area contributed by atoms with Gasteiger partial charge in [0.1, 0.15) is 5.75 Å². The van der Waals surface area contributed by atoms with E-state index in [-0.39, 0.29) is 17.2 Å². The number of likely N-dealkylation sites (tertiary alicyclic amines) is 1. The Balaban J connectivity index is 0.000000451. The monoisotopic (exact) mass is 459 g/mol. The molecule has 2 aliphatic rings. The zero-order valence-electron chi connectivity index (χ0n) is 18.3. The Hall–Kier alpha value is -2.82. The second kappa shape index (κ2) is 10.2. The first-order valence-corrected chi connectivity index (χ1v) is 10.00. The maximum absolute atomic E-state index is 12.2. The molecule has 2 fully saturated rings. The van der Waals surface area contributed by atoms with E-state index in [2.05, 4.69) is 17.0 Å². The minimum absolute atomic E-state index is 0.0904. The van der Waals surface area contributed by atoms with Gasteiger partial charge >= 0.3 is 12.1 Å². The van der Waals surface area contributed by atoms with Gasteiger partial charge in [-0.05, 0) is 17.7 Å². The Morgan fingerprint density at radius 2 is 1.72 bits per heavy atom. The summed E-state index contributed by atoms with van der Waals surface area (Å²) in [6.45, 7) is 6.18. The highest BCUT2D eigenvalue weighted by molar-refractivity contribution is 5.80. The molecule has 2 amide bonds. The van der Waals surface area contributed by atoms with Gasteiger partial charge < -0.3 is 19.6 Å². The van der Waals surface area contributed by atoms with Crippen LogP contribution in [-0.4, -0.2) is 90.6 Å². The highest BCUT2D eigenvalue weighted by Crippen LogP contribution is 2.35. The number of alkyl halides is 3. The fourth-order valence-corrected chi connectivity index (χ4v) is 4.06. The Kier molecular flexibility index (Phi) is 8.11. The van der Waals surface area contributed by atoms with Crippen molar-refractivity contribution in [1.82, 2.24) is 14.7 Å². The molecule has 1 aromatic rings. The summed E-state index contributed by atoms with van der Waals surface area (Å²) in [4.78, 5) is 39.1. The number of aliphatic carboxylic acids is 1. The normalized spacial score (nSPS) is 21.8. The standard InChI is InChI=1S/C19H27N3O3.C2HF3O2/c1-15(23)22-9-8-21(11-16-4-6-17(25-3)7-5-16)13-19(14-22)10-18(24)20(2)12-19;3-2(4,5)1(6)7/h4-7H,8-14H2,1-3H3;(H,6,7). The number of carbonyl (C=O) groups excluding carboxylic acids is 2. The van der Waals surface area contributed by atoms with E-state index in [1.54, 1.807) is 18.9 Å². The van der Waals surface area contributed by atoms with Crippen LogP contribution in [0.3, 0.4) is 0 Å². The van der Waals surface area contributed by atoms with Crippen molar-refractivity contribution in [1.29, 1.82) is 0 Å². The maximum Gasteiger partial charge on any atom is 0.490 e. The largest absolute Gasteiger partial charge is 0.497 e. The summed E-state index contributed by atoms with van der Waals surface area (Å²) in [6.07, 6.45) is -4.56. The van der Waals surface area contributed by atoms with Crippen LogP contribution in [0.1, 0.15) is 18.9 Å². The van der Waals surface area contributed by atoms with E-state index in [4.69, 9.17) is 14.6 Å². The highest BCUT2D eigenvalue weighted by atomic mass is 19.4. The van der Waals surface area contributed by atoms with Gasteiger partial charge in [-0.3, -0.25) is 14.5 Å². The van der Waals surface area contributed by atoms with Crippen molar-refractivity contribution in [3.05, 3.63) is 29.8 Å². The second-order valence-electron chi connectivity index (χ2n) is 8.23. The maximum atomic E-state index is 12.2. The number of nitrogens with zero attached hydrogens (tertiary/aromatic N) is 3. The lowest BCUT2D eigenvalue weighted by molar-refractivity contribution is -0.192. The number of ether oxygens (including phenoxy) is 1. The molecule has 1 N–H and O–H groups in total. The van der Waals surface area contributed by atoms with Crippen molar-refractivity contribution in [2.75, 3.05) is 46.9 Å². The van der Waals surface area contributed by atoms with Gasteiger partial charge in [-0.1, -0.05) is 12.1 Å². The van der Waals surface area contributed by atoms with Gasteiger partial charge in [-0.25, -0.2) is 4.79 Å². The number of halogens is 3. The Labute approximate surface area is 184 Å². The fourth-order valence-electron chi connectivity index (χ4n) is 4.06. The molecule has 0 radical (unpaired) electrons. The van der Waals surface area contributed by atoms with Crippen molar-refractivity contribution < 1.29 is 37.4 Å². The van der Waals surface area contributed by atoms with Crippen molar-refractivity contribution in [2.24, 2.45) is 5.41 Å². The number of hydrogen-bond donors (Lipinski definition) is 1. The van der Waals surface area contributed by atoms with E-state index in [0.717, 1.165) is 25.4 Å². The molecule has 1 unspecified atom stereocenters. The van der Waals surface area contributed by atoms with E-state index in [1.165, 1.54) is 5.56 Å². The topological polar surface area (TPSA) is 90.4 Å². The van der Waals surface area contributed by atoms with Crippen molar-refractivity contribution in [3.63, 3.8) is 0 Å². The van der Waals surface area contributed by atoms with Gasteiger partial charge in [0, 0.05) is 65.1 Å². The van der Waals surface area contributed by atoms with Crippen LogP contribution < -0.4 is 4.74 Å². The van der Waals surface area contributed by atoms with Crippen LogP contribution >= 0.6 is 0 Å². The SMILES string of the molecule is COc1ccc(CN2CCN(C(C)=O)CC3(CC(=O)N(C)C3)C2)cc1.O=C(O)C(F)(F)F. The van der Waals surface area contributed by atoms with Gasteiger partial charge in [-0.2, -0.15) is 13.2 Å². The number of benzene rings is 1. The van der Waals surface area contributed by atoms with E-state index in [1.807, 2.05) is 24.1 Å². The summed E-state index contributed by atoms with van der Waals surface area (Å²) in [5.74, 6) is -1.64. The van der Waals surface area contributed by atoms with Gasteiger partial charge in [0.15, 0.2) is 0 Å². The molecule has 3 rings (SSSR count). The third kappa shape index (κ3) is 6.84. The molecule has 0 aliphatic carbocycles. The average molecular weight is 459 g/mol. The van der Waals surface area contributed by atoms with E-state index < -0.39 is 12.1 Å². The van der Waals surface area contributed by atoms with Gasteiger partial charge in [-0.15, -0.1) is 0 Å². The van der Waals surface area contributed by atoms with Gasteiger partial charge in [0.25, 0.3) is 0 Å². The quantitative estimate of drug-likeness (QED) is 0.742. The molecular weight excluding hydrogens is 431 g/mol. The summed E-state index contributed by atoms with van der Waals surface area (Å²) in [5.41, 5.74) is 1.05.